The van der Waals surface area contributed by atoms with Gasteiger partial charge >= 0.3 is 5.97 Å². The average Bonchev–Trinajstić information content (AvgIpc) is 2.61. The lowest BCUT2D eigenvalue weighted by molar-refractivity contribution is -0.142. The third-order valence-corrected chi connectivity index (χ3v) is 3.85. The van der Waals surface area contributed by atoms with Crippen LogP contribution < -0.4 is 10.1 Å². The van der Waals surface area contributed by atoms with Gasteiger partial charge in [0, 0.05) is 12.0 Å². The zero-order valence-electron chi connectivity index (χ0n) is 13.7. The van der Waals surface area contributed by atoms with E-state index >= 15 is 0 Å². The first-order valence-electron chi connectivity index (χ1n) is 7.41. The number of nitrogens with one attached hydrogen (secondary N) is 1. The highest BCUT2D eigenvalue weighted by molar-refractivity contribution is 6.32. The Hall–Kier alpha value is -2.60. The second kappa shape index (κ2) is 8.48. The highest BCUT2D eigenvalue weighted by atomic mass is 35.5. The molecule has 25 heavy (non-hydrogen) atoms. The van der Waals surface area contributed by atoms with Crippen LogP contribution in [0.4, 0.5) is 4.39 Å². The lowest BCUT2D eigenvalue weighted by Gasteiger charge is -2.17. The molecule has 0 aliphatic carbocycles. The van der Waals surface area contributed by atoms with Crippen molar-refractivity contribution in [3.8, 4) is 5.75 Å². The normalized spacial score (nSPS) is 11.5. The van der Waals surface area contributed by atoms with E-state index in [2.05, 4.69) is 5.32 Å². The molecule has 0 unspecified atom stereocenters. The van der Waals surface area contributed by atoms with Gasteiger partial charge in [0.2, 0.25) is 0 Å². The second-order valence-electron chi connectivity index (χ2n) is 5.23. The van der Waals surface area contributed by atoms with Crippen LogP contribution >= 0.6 is 11.6 Å². The maximum absolute atomic E-state index is 13.0. The van der Waals surface area contributed by atoms with Crippen LogP contribution in [0.15, 0.2) is 42.5 Å². The molecule has 2 aromatic rings. The van der Waals surface area contributed by atoms with Crippen LogP contribution in [-0.4, -0.2) is 32.1 Å². The predicted molar refractivity (Wildman–Crippen MR) is 91.4 cm³/mol. The monoisotopic (exact) mass is 365 g/mol. The van der Waals surface area contributed by atoms with Gasteiger partial charge in [-0.1, -0.05) is 17.7 Å². The SMILES string of the molecule is COC(=O)[C@@H](Cc1ccc(OC)c(Cl)c1)NC(=O)c1ccc(F)cc1. The summed E-state index contributed by atoms with van der Waals surface area (Å²) in [6.45, 7) is 0. The second-order valence-corrected chi connectivity index (χ2v) is 5.64. The van der Waals surface area contributed by atoms with Crippen LogP contribution in [0.2, 0.25) is 5.02 Å². The third kappa shape index (κ3) is 4.93. The van der Waals surface area contributed by atoms with Crippen molar-refractivity contribution in [3.05, 3.63) is 64.4 Å². The van der Waals surface area contributed by atoms with E-state index in [-0.39, 0.29) is 12.0 Å². The zero-order chi connectivity index (χ0) is 18.4. The lowest BCUT2D eigenvalue weighted by Crippen LogP contribution is -2.43. The molecule has 1 atom stereocenters. The summed E-state index contributed by atoms with van der Waals surface area (Å²) in [4.78, 5) is 24.2. The van der Waals surface area contributed by atoms with Crippen LogP contribution in [0, 0.1) is 5.82 Å². The van der Waals surface area contributed by atoms with Crippen molar-refractivity contribution in [1.82, 2.24) is 5.32 Å². The zero-order valence-corrected chi connectivity index (χ0v) is 14.5. The van der Waals surface area contributed by atoms with Gasteiger partial charge in [-0.05, 0) is 42.0 Å². The van der Waals surface area contributed by atoms with E-state index in [4.69, 9.17) is 21.1 Å². The number of benzene rings is 2. The van der Waals surface area contributed by atoms with Crippen LogP contribution in [0.3, 0.4) is 0 Å². The van der Waals surface area contributed by atoms with E-state index in [0.717, 1.165) is 5.56 Å². The first kappa shape index (κ1) is 18.7. The van der Waals surface area contributed by atoms with Gasteiger partial charge in [-0.25, -0.2) is 9.18 Å². The molecule has 1 amide bonds. The maximum atomic E-state index is 13.0. The van der Waals surface area contributed by atoms with Crippen LogP contribution in [0.25, 0.3) is 0 Å². The summed E-state index contributed by atoms with van der Waals surface area (Å²) in [5, 5.41) is 2.99. The van der Waals surface area contributed by atoms with Gasteiger partial charge in [0.25, 0.3) is 5.91 Å². The molecule has 0 saturated heterocycles. The number of halogens is 2. The number of amides is 1. The van der Waals surface area contributed by atoms with Gasteiger partial charge in [-0.3, -0.25) is 4.79 Å². The fraction of sp³-hybridized carbons (Fsp3) is 0.222. The van der Waals surface area contributed by atoms with Gasteiger partial charge in [-0.15, -0.1) is 0 Å². The number of hydrogen-bond donors (Lipinski definition) is 1. The lowest BCUT2D eigenvalue weighted by atomic mass is 10.0. The number of esters is 1. The van der Waals surface area contributed by atoms with Gasteiger partial charge < -0.3 is 14.8 Å². The fourth-order valence-corrected chi connectivity index (χ4v) is 2.53. The molecular formula is C18H17ClFNO4. The molecule has 2 aromatic carbocycles. The quantitative estimate of drug-likeness (QED) is 0.799. The van der Waals surface area contributed by atoms with Gasteiger partial charge in [0.15, 0.2) is 0 Å². The molecule has 132 valence electrons. The molecule has 0 heterocycles. The summed E-state index contributed by atoms with van der Waals surface area (Å²) < 4.78 is 22.8. The molecule has 0 aliphatic rings. The van der Waals surface area contributed by atoms with Crippen LogP contribution in [0.1, 0.15) is 15.9 Å². The summed E-state index contributed by atoms with van der Waals surface area (Å²) in [7, 11) is 2.74. The van der Waals surface area contributed by atoms with Crippen molar-refractivity contribution in [3.63, 3.8) is 0 Å². The van der Waals surface area contributed by atoms with Crippen molar-refractivity contribution in [2.45, 2.75) is 12.5 Å². The van der Waals surface area contributed by atoms with Gasteiger partial charge in [-0.2, -0.15) is 0 Å². The summed E-state index contributed by atoms with van der Waals surface area (Å²) in [6.07, 6.45) is 0.184. The molecule has 0 fully saturated rings. The van der Waals surface area contributed by atoms with E-state index in [1.165, 1.54) is 38.5 Å². The average molecular weight is 366 g/mol. The van der Waals surface area contributed by atoms with E-state index in [9.17, 15) is 14.0 Å². The first-order valence-corrected chi connectivity index (χ1v) is 7.79. The van der Waals surface area contributed by atoms with Crippen molar-refractivity contribution in [2.75, 3.05) is 14.2 Å². The minimum atomic E-state index is -0.910. The number of ether oxygens (including phenoxy) is 2. The minimum Gasteiger partial charge on any atom is -0.495 e. The van der Waals surface area contributed by atoms with E-state index in [1.54, 1.807) is 18.2 Å². The Morgan fingerprint density at radius 1 is 1.16 bits per heavy atom. The molecule has 1 N–H and O–H groups in total. The topological polar surface area (TPSA) is 64.6 Å². The van der Waals surface area contributed by atoms with Crippen molar-refractivity contribution < 1.29 is 23.5 Å². The Morgan fingerprint density at radius 3 is 2.40 bits per heavy atom. The molecule has 7 heteroatoms. The molecular weight excluding hydrogens is 349 g/mol. The van der Waals surface area contributed by atoms with E-state index < -0.39 is 23.7 Å². The smallest absolute Gasteiger partial charge is 0.328 e. The third-order valence-electron chi connectivity index (χ3n) is 3.55. The van der Waals surface area contributed by atoms with Crippen molar-refractivity contribution in [2.24, 2.45) is 0 Å². The molecule has 0 aliphatic heterocycles. The fourth-order valence-electron chi connectivity index (χ4n) is 2.25. The van der Waals surface area contributed by atoms with E-state index in [1.807, 2.05) is 0 Å². The number of rotatable bonds is 6. The number of carbonyl (C=O) groups excluding carboxylic acids is 2. The molecule has 0 saturated carbocycles. The van der Waals surface area contributed by atoms with Gasteiger partial charge in [0.1, 0.15) is 17.6 Å². The molecule has 0 spiro atoms. The predicted octanol–water partition coefficient (Wildman–Crippen LogP) is 3.00. The summed E-state index contributed by atoms with van der Waals surface area (Å²) in [5.41, 5.74) is 0.962. The highest BCUT2D eigenvalue weighted by Gasteiger charge is 2.23. The minimum absolute atomic E-state index is 0.184. The molecule has 0 aromatic heterocycles. The Labute approximate surface area is 149 Å². The highest BCUT2D eigenvalue weighted by Crippen LogP contribution is 2.25. The summed E-state index contributed by atoms with van der Waals surface area (Å²) in [5.74, 6) is -1.04. The van der Waals surface area contributed by atoms with E-state index in [0.29, 0.717) is 10.8 Å². The largest absolute Gasteiger partial charge is 0.495 e. The summed E-state index contributed by atoms with van der Waals surface area (Å²) >= 11 is 6.08. The van der Waals surface area contributed by atoms with Gasteiger partial charge in [0.05, 0.1) is 19.2 Å². The molecule has 2 rings (SSSR count). The summed E-state index contributed by atoms with van der Waals surface area (Å²) in [6, 6.07) is 9.18. The van der Waals surface area contributed by atoms with Crippen LogP contribution in [-0.2, 0) is 16.0 Å². The Bertz CT molecular complexity index is 764. The molecule has 0 radical (unpaired) electrons. The Morgan fingerprint density at radius 2 is 1.84 bits per heavy atom. The molecule has 0 bridgehead atoms. The first-order chi connectivity index (χ1) is 11.9. The maximum Gasteiger partial charge on any atom is 0.328 e. The Balaban J connectivity index is 2.16. The van der Waals surface area contributed by atoms with Crippen LogP contribution in [0.5, 0.6) is 5.75 Å². The van der Waals surface area contributed by atoms with Crippen molar-refractivity contribution >= 4 is 23.5 Å². The standard InChI is InChI=1S/C18H17ClFNO4/c1-24-16-8-3-11(9-14(16)19)10-15(18(23)25-2)21-17(22)12-4-6-13(20)7-5-12/h3-9,15H,10H2,1-2H3,(H,21,22)/t15-/m1/s1. The Kier molecular flexibility index (Phi) is 6.36. The molecule has 5 nitrogen and oxygen atoms in total. The number of carbonyl (C=O) groups is 2. The number of methoxy groups -OCH3 is 2. The van der Waals surface area contributed by atoms with Crippen molar-refractivity contribution in [1.29, 1.82) is 0 Å². The number of hydrogen-bond acceptors (Lipinski definition) is 4.